The number of fused-ring (bicyclic) bond motifs is 6. The number of pyridine rings is 4. The van der Waals surface area contributed by atoms with Gasteiger partial charge in [0.05, 0.1) is 43.0 Å². The van der Waals surface area contributed by atoms with Gasteiger partial charge in [0.15, 0.2) is 0 Å². The second-order valence-electron chi connectivity index (χ2n) is 18.0. The number of aromatic nitrogens is 4. The van der Waals surface area contributed by atoms with Crippen LogP contribution in [0.3, 0.4) is 0 Å². The van der Waals surface area contributed by atoms with E-state index in [-0.39, 0.29) is 197 Å². The summed E-state index contributed by atoms with van der Waals surface area (Å²) < 4.78 is 63.4. The molecule has 0 fully saturated rings. The molecule has 12 aromatic rings. The number of nitrogens with zero attached hydrogens (tertiary/aromatic N) is 8. The number of aliphatic hydroxyl groups excluding tert-OH is 2. The Morgan fingerprint density at radius 1 is 0.557 bits per heavy atom. The van der Waals surface area contributed by atoms with Crippen LogP contribution < -0.4 is 113 Å². The van der Waals surface area contributed by atoms with E-state index in [1.807, 2.05) is 109 Å². The zero-order chi connectivity index (χ0) is 67.4. The Hall–Kier alpha value is -7.06. The molecule has 0 unspecified atom stereocenters. The first-order valence-corrected chi connectivity index (χ1v) is 29.7. The Labute approximate surface area is 672 Å². The summed E-state index contributed by atoms with van der Waals surface area (Å²) in [6, 6.07) is 63.0. The maximum Gasteiger partial charge on any atom is 2.00 e. The SMILES string of the molecule is CC(=O)O.O=CO[O-].O=[N+]([O-])c1ccc(S(=O)(=O)[N-]c2cccc3ccc4cccnc4c23)cc1.O=[N+]([O-])c1ccc(S(=O)(=O)[N-]c2cccc3ccc4cccnc4c23)cc1.OCc1cc[c-]cc1.O[B]Oc1ccc(CO)cc1.[H-].[K+].[K+].[Pd+2].[Pd].c1ccncc1.c1ccncc1. The fourth-order valence-corrected chi connectivity index (χ4v) is 9.67. The van der Waals surface area contributed by atoms with Crippen molar-refractivity contribution in [2.45, 2.75) is 29.9 Å². The largest absolute Gasteiger partial charge is 2.00 e. The van der Waals surface area contributed by atoms with Crippen LogP contribution in [0.25, 0.3) is 52.8 Å². The topological polar surface area (TPSA) is 391 Å². The number of carboxylic acids is 1. The van der Waals surface area contributed by atoms with Gasteiger partial charge in [-0.3, -0.25) is 49.8 Å². The van der Waals surface area contributed by atoms with Gasteiger partial charge in [0.1, 0.15) is 20.0 Å². The smallest absolute Gasteiger partial charge is 1.00 e. The van der Waals surface area contributed by atoms with Crippen molar-refractivity contribution in [1.82, 2.24) is 19.9 Å². The summed E-state index contributed by atoms with van der Waals surface area (Å²) in [5, 5.41) is 67.5. The minimum Gasteiger partial charge on any atom is -1.00 e. The summed E-state index contributed by atoms with van der Waals surface area (Å²) in [4.78, 5) is 56.7. The zero-order valence-corrected chi connectivity index (χ0v) is 62.4. The number of rotatable bonds is 13. The molecular formula is C65H55BK2N8O17Pd2S2-. The number of carbonyl (C=O) groups excluding carboxylic acids is 1. The first-order chi connectivity index (χ1) is 44.9. The van der Waals surface area contributed by atoms with Crippen LogP contribution in [0.15, 0.2) is 265 Å². The van der Waals surface area contributed by atoms with Gasteiger partial charge in [-0.25, -0.2) is 16.8 Å². The molecular weight excluding hydrogens is 1530 g/mol. The van der Waals surface area contributed by atoms with Crippen LogP contribution in [0.1, 0.15) is 19.5 Å². The van der Waals surface area contributed by atoms with Crippen molar-refractivity contribution in [3.05, 3.63) is 302 Å². The molecule has 0 aliphatic rings. The van der Waals surface area contributed by atoms with Crippen LogP contribution >= 0.6 is 0 Å². The molecule has 97 heavy (non-hydrogen) atoms. The van der Waals surface area contributed by atoms with Crippen molar-refractivity contribution in [1.29, 1.82) is 0 Å². The van der Waals surface area contributed by atoms with Gasteiger partial charge in [0.25, 0.3) is 23.8 Å². The molecule has 12 rings (SSSR count). The van der Waals surface area contributed by atoms with Crippen LogP contribution in [0.2, 0.25) is 0 Å². The standard InChI is InChI=1S/2C19H12N3O4S.C7H8BO3.C7H7O.2C5H5N.C2H4O2.CH2O3.2K.2Pd.H/c2*23-22(24)15-8-10-16(11-9-15)27(25,26)21-17-5-1-3-13-6-7-14-4-2-12-20-19(14)18(13)17;9-5-6-1-3-7(4-2-6)11-8-10;8-6-7-4-2-1-3-5-7;2*1-2-4-6-5-3-1;1-2(3)4;2-1-4-3;;;;;/h2*1-12H;1-4,9-10H,5H2;2-5,8H,6H2;2*1-5H;1H3,(H,3,4);1,3H;;;;;/q2*-1;;-1;;;;;2*+1;;+2;-1/p-1. The van der Waals surface area contributed by atoms with Gasteiger partial charge in [-0.15, -0.1) is 16.9 Å². The third kappa shape index (κ3) is 30.3. The molecule has 8 aromatic carbocycles. The normalized spacial score (nSPS) is 9.70. The van der Waals surface area contributed by atoms with Crippen molar-refractivity contribution < 1.29 is 216 Å². The third-order valence-corrected chi connectivity index (χ3v) is 14.4. The monoisotopic (exact) mass is 1580 g/mol. The molecule has 4 N–H and O–H groups in total. The Morgan fingerprint density at radius 3 is 1.21 bits per heavy atom. The van der Waals surface area contributed by atoms with E-state index >= 15 is 0 Å². The Bertz CT molecular complexity index is 4270. The molecule has 0 saturated heterocycles. The van der Waals surface area contributed by atoms with Crippen LogP contribution in [0.5, 0.6) is 5.75 Å². The van der Waals surface area contributed by atoms with E-state index in [9.17, 15) is 37.1 Å². The number of aliphatic hydroxyl groups is 2. The van der Waals surface area contributed by atoms with Crippen molar-refractivity contribution >= 4 is 106 Å². The van der Waals surface area contributed by atoms with Gasteiger partial charge in [-0.1, -0.05) is 97.1 Å². The van der Waals surface area contributed by atoms with E-state index < -0.39 is 35.9 Å². The molecule has 1 radical (unpaired) electrons. The molecule has 0 atom stereocenters. The fraction of sp³-hybridized carbons (Fsp3) is 0.0462. The van der Waals surface area contributed by atoms with Crippen LogP contribution in [0.4, 0.5) is 22.7 Å². The van der Waals surface area contributed by atoms with Crippen LogP contribution in [0, 0.1) is 26.3 Å². The minimum atomic E-state index is -4.04. The molecule has 495 valence electrons. The van der Waals surface area contributed by atoms with E-state index in [1.54, 1.807) is 97.8 Å². The second kappa shape index (κ2) is 47.8. The van der Waals surface area contributed by atoms with E-state index in [1.165, 1.54) is 24.3 Å². The van der Waals surface area contributed by atoms with E-state index in [2.05, 4.69) is 45.0 Å². The number of aliphatic carboxylic acids is 1. The predicted octanol–water partition coefficient (Wildman–Crippen LogP) is 5.25. The molecule has 25 nitrogen and oxygen atoms in total. The van der Waals surface area contributed by atoms with Gasteiger partial charge in [0.2, 0.25) is 0 Å². The Morgan fingerprint density at radius 2 is 0.907 bits per heavy atom. The number of hydrogen-bond acceptors (Lipinski definition) is 20. The quantitative estimate of drug-likeness (QED) is 0.0218. The number of carboxylic acid groups (broad SMARTS) is 1. The summed E-state index contributed by atoms with van der Waals surface area (Å²) in [6.07, 6.45) is 10.3. The summed E-state index contributed by atoms with van der Waals surface area (Å²) in [7, 11) is -7.46. The maximum absolute atomic E-state index is 12.7. The fourth-order valence-electron chi connectivity index (χ4n) is 7.67. The summed E-state index contributed by atoms with van der Waals surface area (Å²) >= 11 is 0. The Balaban J connectivity index is 0.00000122. The number of nitro benzene ring substituents is 2. The summed E-state index contributed by atoms with van der Waals surface area (Å²) in [6.45, 7) is 1.04. The number of hydrogen-bond donors (Lipinski definition) is 4. The second-order valence-corrected chi connectivity index (χ2v) is 21.2. The van der Waals surface area contributed by atoms with Gasteiger partial charge in [0, 0.05) is 106 Å². The molecule has 0 spiro atoms. The molecule has 4 heterocycles. The first kappa shape index (κ1) is 88.0. The Kier molecular flexibility index (Phi) is 43.4. The number of non-ortho nitro benzene ring substituents is 2. The van der Waals surface area contributed by atoms with Crippen molar-refractivity contribution in [3.8, 4) is 5.75 Å². The molecule has 4 aromatic heterocycles. The van der Waals surface area contributed by atoms with Crippen molar-refractivity contribution in [2.24, 2.45) is 0 Å². The maximum atomic E-state index is 12.7. The zero-order valence-electron chi connectivity index (χ0n) is 52.4. The average Bonchev–Trinajstić information content (AvgIpc) is 0.778. The number of sulfonamides is 2. The first-order valence-electron chi connectivity index (χ1n) is 26.8. The number of nitro groups is 2. The van der Waals surface area contributed by atoms with Crippen molar-refractivity contribution in [3.63, 3.8) is 0 Å². The minimum absolute atomic E-state index is 0. The molecule has 0 aliphatic heterocycles. The summed E-state index contributed by atoms with van der Waals surface area (Å²) in [5.41, 5.74) is 3.24. The molecule has 0 aliphatic carbocycles. The van der Waals surface area contributed by atoms with Gasteiger partial charge < -0.3 is 46.0 Å². The molecule has 0 amide bonds. The van der Waals surface area contributed by atoms with E-state index in [0.29, 0.717) is 35.2 Å². The molecule has 0 saturated carbocycles. The summed E-state index contributed by atoms with van der Waals surface area (Å²) in [5.74, 6) is -0.287. The van der Waals surface area contributed by atoms with Crippen LogP contribution in [-0.2, 0) is 88.6 Å². The average molecular weight is 1590 g/mol. The number of carbonyl (C=O) groups is 2. The van der Waals surface area contributed by atoms with E-state index in [0.717, 1.165) is 63.9 Å². The predicted molar refractivity (Wildman–Crippen MR) is 347 cm³/mol. The number of benzene rings is 8. The molecule has 32 heteroatoms. The van der Waals surface area contributed by atoms with Crippen LogP contribution in [-0.4, -0.2) is 87.1 Å². The van der Waals surface area contributed by atoms with Crippen molar-refractivity contribution in [2.75, 3.05) is 0 Å². The molecule has 0 bridgehead atoms. The van der Waals surface area contributed by atoms with Gasteiger partial charge >= 0.3 is 131 Å². The third-order valence-electron chi connectivity index (χ3n) is 11.8. The van der Waals surface area contributed by atoms with Gasteiger partial charge in [-0.2, -0.15) is 30.3 Å². The van der Waals surface area contributed by atoms with Gasteiger partial charge in [-0.05, 0) is 99.9 Å². The van der Waals surface area contributed by atoms with E-state index in [4.69, 9.17) is 35.2 Å².